The molecule has 2 N–H and O–H groups in total. The molecular weight excluding hydrogens is 601 g/mol. The van der Waals surface area contributed by atoms with Crippen LogP contribution in [0.1, 0.15) is 59.7 Å². The van der Waals surface area contributed by atoms with Gasteiger partial charge in [-0.15, -0.1) is 0 Å². The van der Waals surface area contributed by atoms with Crippen molar-refractivity contribution in [3.63, 3.8) is 0 Å². The minimum Gasteiger partial charge on any atom is -0.481 e. The summed E-state index contributed by atoms with van der Waals surface area (Å²) in [4.78, 5) is 47.8. The fourth-order valence-corrected chi connectivity index (χ4v) is 5.52. The zero-order valence-corrected chi connectivity index (χ0v) is 26.1. The van der Waals surface area contributed by atoms with Gasteiger partial charge in [0.2, 0.25) is 11.8 Å². The summed E-state index contributed by atoms with van der Waals surface area (Å²) < 4.78 is 26.6. The third-order valence-electron chi connectivity index (χ3n) is 7.91. The molecule has 234 valence electrons. The number of esters is 1. The topological polar surface area (TPSA) is 124 Å². The van der Waals surface area contributed by atoms with Crippen molar-refractivity contribution in [3.8, 4) is 22.7 Å². The molecule has 0 radical (unpaired) electrons. The zero-order valence-electron chi connectivity index (χ0n) is 25.3. The summed E-state index contributed by atoms with van der Waals surface area (Å²) in [6.07, 6.45) is 3.07. The summed E-state index contributed by atoms with van der Waals surface area (Å²) in [7, 11) is 2.83. The van der Waals surface area contributed by atoms with Crippen molar-refractivity contribution in [1.82, 2.24) is 19.9 Å². The molecule has 0 saturated carbocycles. The number of nitrogens with zero attached hydrogens (tertiary/aromatic N) is 3. The SMILES string of the molecule is COC(=O)Cc1ccc2c(c1)NC(=O)[C@H](C)CCC[C@H](NC(=O)c1ncn(-c3cccc(Cl)c3F)c1C)c1cc-2cc(OC)n1. The second-order valence-corrected chi connectivity index (χ2v) is 11.3. The van der Waals surface area contributed by atoms with E-state index in [-0.39, 0.29) is 34.6 Å². The molecule has 2 amide bonds. The first-order valence-corrected chi connectivity index (χ1v) is 14.8. The first-order chi connectivity index (χ1) is 21.6. The van der Waals surface area contributed by atoms with Gasteiger partial charge in [-0.05, 0) is 55.2 Å². The van der Waals surface area contributed by atoms with Crippen LogP contribution in [0.4, 0.5) is 10.1 Å². The first-order valence-electron chi connectivity index (χ1n) is 14.5. The molecule has 0 aliphatic carbocycles. The lowest BCUT2D eigenvalue weighted by atomic mass is 9.94. The van der Waals surface area contributed by atoms with Crippen molar-refractivity contribution in [3.05, 3.63) is 88.3 Å². The van der Waals surface area contributed by atoms with E-state index in [0.29, 0.717) is 58.9 Å². The van der Waals surface area contributed by atoms with Crippen molar-refractivity contribution < 1.29 is 28.2 Å². The summed E-state index contributed by atoms with van der Waals surface area (Å²) in [5, 5.41) is 6.06. The number of halogens is 2. The number of carbonyl (C=O) groups excluding carboxylic acids is 3. The van der Waals surface area contributed by atoms with E-state index < -0.39 is 23.7 Å². The normalized spacial score (nSPS) is 16.4. The van der Waals surface area contributed by atoms with Crippen LogP contribution in [0.15, 0.2) is 54.9 Å². The van der Waals surface area contributed by atoms with E-state index in [0.717, 1.165) is 0 Å². The van der Waals surface area contributed by atoms with Gasteiger partial charge < -0.3 is 20.1 Å². The van der Waals surface area contributed by atoms with Gasteiger partial charge >= 0.3 is 5.97 Å². The van der Waals surface area contributed by atoms with Crippen LogP contribution in [0.3, 0.4) is 0 Å². The third-order valence-corrected chi connectivity index (χ3v) is 8.20. The highest BCUT2D eigenvalue weighted by Crippen LogP contribution is 2.35. The number of imidazole rings is 1. The van der Waals surface area contributed by atoms with Gasteiger partial charge in [0.15, 0.2) is 5.82 Å². The van der Waals surface area contributed by atoms with E-state index in [1.54, 1.807) is 37.3 Å². The highest BCUT2D eigenvalue weighted by molar-refractivity contribution is 6.30. The molecule has 1 aliphatic heterocycles. The Morgan fingerprint density at radius 2 is 1.96 bits per heavy atom. The number of ether oxygens (including phenoxy) is 2. The van der Waals surface area contributed by atoms with Crippen LogP contribution in [0.2, 0.25) is 5.02 Å². The number of aromatic nitrogens is 3. The molecule has 4 aromatic rings. The Balaban J connectivity index is 1.53. The Kier molecular flexibility index (Phi) is 9.48. The van der Waals surface area contributed by atoms with Crippen molar-refractivity contribution in [2.75, 3.05) is 19.5 Å². The van der Waals surface area contributed by atoms with Gasteiger partial charge in [-0.25, -0.2) is 14.4 Å². The van der Waals surface area contributed by atoms with Crippen LogP contribution in [-0.4, -0.2) is 46.5 Å². The third kappa shape index (κ3) is 6.83. The highest BCUT2D eigenvalue weighted by atomic mass is 35.5. The van der Waals surface area contributed by atoms with E-state index in [1.165, 1.54) is 31.2 Å². The summed E-state index contributed by atoms with van der Waals surface area (Å²) in [5.74, 6) is -1.65. The molecule has 0 unspecified atom stereocenters. The average molecular weight is 634 g/mol. The monoisotopic (exact) mass is 633 g/mol. The number of fused-ring (bicyclic) bond motifs is 4. The fourth-order valence-electron chi connectivity index (χ4n) is 5.35. The van der Waals surface area contributed by atoms with Crippen molar-refractivity contribution in [1.29, 1.82) is 0 Å². The lowest BCUT2D eigenvalue weighted by Gasteiger charge is -2.23. The Hall–Kier alpha value is -4.77. The van der Waals surface area contributed by atoms with E-state index in [2.05, 4.69) is 20.6 Å². The molecule has 2 atom stereocenters. The van der Waals surface area contributed by atoms with Crippen LogP contribution in [-0.2, 0) is 20.7 Å². The number of methoxy groups -OCH3 is 2. The van der Waals surface area contributed by atoms with E-state index in [9.17, 15) is 18.8 Å². The second-order valence-electron chi connectivity index (χ2n) is 10.9. The van der Waals surface area contributed by atoms with Gasteiger partial charge in [0.1, 0.15) is 12.0 Å². The highest BCUT2D eigenvalue weighted by Gasteiger charge is 2.26. The number of pyridine rings is 1. The van der Waals surface area contributed by atoms with Crippen LogP contribution in [0.25, 0.3) is 16.8 Å². The van der Waals surface area contributed by atoms with E-state index in [1.807, 2.05) is 19.1 Å². The van der Waals surface area contributed by atoms with Gasteiger partial charge in [-0.1, -0.05) is 43.1 Å². The Morgan fingerprint density at radius 3 is 2.71 bits per heavy atom. The molecule has 1 aliphatic rings. The zero-order chi connectivity index (χ0) is 32.2. The predicted molar refractivity (Wildman–Crippen MR) is 167 cm³/mol. The summed E-state index contributed by atoms with van der Waals surface area (Å²) >= 11 is 5.98. The molecule has 2 bridgehead atoms. The van der Waals surface area contributed by atoms with Crippen LogP contribution < -0.4 is 15.4 Å². The number of benzene rings is 2. The molecule has 2 aromatic carbocycles. The number of nitrogens with one attached hydrogen (secondary N) is 2. The number of carbonyl (C=O) groups is 3. The number of rotatable bonds is 6. The van der Waals surface area contributed by atoms with Gasteiger partial charge in [0.25, 0.3) is 5.91 Å². The molecule has 45 heavy (non-hydrogen) atoms. The maximum absolute atomic E-state index is 14.8. The Morgan fingerprint density at radius 1 is 1.16 bits per heavy atom. The Bertz CT molecular complexity index is 1770. The largest absolute Gasteiger partial charge is 0.481 e. The molecule has 0 saturated heterocycles. The van der Waals surface area contributed by atoms with Crippen molar-refractivity contribution >= 4 is 35.1 Å². The maximum Gasteiger partial charge on any atom is 0.309 e. The minimum atomic E-state index is -0.616. The fraction of sp³-hybridized carbons (Fsp3) is 0.303. The van der Waals surface area contributed by atoms with Crippen LogP contribution in [0.5, 0.6) is 5.88 Å². The first kappa shape index (κ1) is 31.6. The van der Waals surface area contributed by atoms with Gasteiger partial charge in [0.05, 0.1) is 48.8 Å². The molecule has 3 heterocycles. The second kappa shape index (κ2) is 13.5. The predicted octanol–water partition coefficient (Wildman–Crippen LogP) is 5.99. The van der Waals surface area contributed by atoms with Crippen LogP contribution in [0, 0.1) is 18.7 Å². The summed E-state index contributed by atoms with van der Waals surface area (Å²) in [6.45, 7) is 3.52. The smallest absolute Gasteiger partial charge is 0.309 e. The Labute approximate surface area is 264 Å². The number of hydrogen-bond donors (Lipinski definition) is 2. The molecule has 0 spiro atoms. The van der Waals surface area contributed by atoms with Crippen molar-refractivity contribution in [2.24, 2.45) is 5.92 Å². The molecule has 12 heteroatoms. The number of amides is 2. The summed E-state index contributed by atoms with van der Waals surface area (Å²) in [6, 6.07) is 13.0. The maximum atomic E-state index is 14.8. The van der Waals surface area contributed by atoms with Gasteiger partial charge in [-0.2, -0.15) is 0 Å². The standard InChI is InChI=1S/C33H33ClFN5O5/c1-18-7-5-9-24(38-33(43)31-19(2)40(17-36-31)27-10-6-8-23(34)30(27)35)26-15-21(16-28(37-26)44-3)22-12-11-20(14-29(41)45-4)13-25(22)39-32(18)42/h6,8,10-13,15-18,24H,5,7,9,14H2,1-4H3,(H,38,43)(H,39,42)/t18-,24+/m1/s1. The van der Waals surface area contributed by atoms with Crippen molar-refractivity contribution in [2.45, 2.75) is 45.6 Å². The molecule has 0 fully saturated rings. The molecule has 2 aromatic heterocycles. The molecule has 5 rings (SSSR count). The van der Waals surface area contributed by atoms with Gasteiger partial charge in [-0.3, -0.25) is 19.0 Å². The number of hydrogen-bond acceptors (Lipinski definition) is 7. The van der Waals surface area contributed by atoms with Gasteiger partial charge in [0, 0.05) is 23.2 Å². The summed E-state index contributed by atoms with van der Waals surface area (Å²) in [5.41, 5.74) is 3.89. The quantitative estimate of drug-likeness (QED) is 0.250. The van der Waals surface area contributed by atoms with E-state index in [4.69, 9.17) is 21.1 Å². The van der Waals surface area contributed by atoms with E-state index >= 15 is 0 Å². The number of anilines is 1. The molecular formula is C33H33ClFN5O5. The average Bonchev–Trinajstić information content (AvgIpc) is 3.41. The minimum absolute atomic E-state index is 0.0381. The van der Waals surface area contributed by atoms with Crippen LogP contribution >= 0.6 is 11.6 Å². The molecule has 10 nitrogen and oxygen atoms in total. The lowest BCUT2D eigenvalue weighted by Crippen LogP contribution is -2.30. The lowest BCUT2D eigenvalue weighted by molar-refractivity contribution is -0.139.